The molecule has 0 heterocycles. The third-order valence-electron chi connectivity index (χ3n) is 11.0. The highest BCUT2D eigenvalue weighted by molar-refractivity contribution is 5.71. The molecule has 0 rings (SSSR count). The fourth-order valence-corrected chi connectivity index (χ4v) is 7.01. The van der Waals surface area contributed by atoms with Crippen LogP contribution in [-0.2, 0) is 28.6 Å². The first-order valence-electron chi connectivity index (χ1n) is 26.9. The Morgan fingerprint density at radius 1 is 0.318 bits per heavy atom. The van der Waals surface area contributed by atoms with E-state index in [2.05, 4.69) is 130 Å². The van der Waals surface area contributed by atoms with Crippen molar-refractivity contribution in [3.05, 3.63) is 109 Å². The van der Waals surface area contributed by atoms with E-state index in [4.69, 9.17) is 14.2 Å². The van der Waals surface area contributed by atoms with Gasteiger partial charge in [0.2, 0.25) is 0 Å². The average molecular weight is 915 g/mol. The largest absolute Gasteiger partial charge is 0.462 e. The zero-order valence-electron chi connectivity index (χ0n) is 42.7. The van der Waals surface area contributed by atoms with Crippen LogP contribution >= 0.6 is 0 Å². The summed E-state index contributed by atoms with van der Waals surface area (Å²) in [6, 6.07) is 0. The Bertz CT molecular complexity index is 1370. The van der Waals surface area contributed by atoms with Gasteiger partial charge < -0.3 is 14.2 Å². The van der Waals surface area contributed by atoms with Crippen molar-refractivity contribution in [3.8, 4) is 0 Å². The lowest BCUT2D eigenvalue weighted by molar-refractivity contribution is -0.167. The van der Waals surface area contributed by atoms with E-state index in [1.165, 1.54) is 51.4 Å². The summed E-state index contributed by atoms with van der Waals surface area (Å²) in [7, 11) is 0. The molecule has 0 aromatic rings. The first-order chi connectivity index (χ1) is 32.5. The van der Waals surface area contributed by atoms with E-state index in [9.17, 15) is 14.4 Å². The van der Waals surface area contributed by atoms with Crippen LogP contribution in [0.2, 0.25) is 0 Å². The summed E-state index contributed by atoms with van der Waals surface area (Å²) in [5, 5.41) is 0. The van der Waals surface area contributed by atoms with Crippen molar-refractivity contribution in [1.29, 1.82) is 0 Å². The van der Waals surface area contributed by atoms with Gasteiger partial charge in [0.15, 0.2) is 6.10 Å². The average Bonchev–Trinajstić information content (AvgIpc) is 3.31. The molecule has 1 atom stereocenters. The van der Waals surface area contributed by atoms with Gasteiger partial charge in [0.25, 0.3) is 0 Å². The summed E-state index contributed by atoms with van der Waals surface area (Å²) in [6.45, 7) is 6.34. The Morgan fingerprint density at radius 2 is 0.591 bits per heavy atom. The quantitative estimate of drug-likeness (QED) is 0.0262. The minimum atomic E-state index is -0.809. The maximum Gasteiger partial charge on any atom is 0.306 e. The van der Waals surface area contributed by atoms with Gasteiger partial charge in [-0.25, -0.2) is 0 Å². The van der Waals surface area contributed by atoms with Crippen molar-refractivity contribution in [2.24, 2.45) is 0 Å². The summed E-state index contributed by atoms with van der Waals surface area (Å²) in [5.74, 6) is -0.969. The van der Waals surface area contributed by atoms with E-state index in [1.54, 1.807) is 0 Å². The predicted octanol–water partition coefficient (Wildman–Crippen LogP) is 17.9. The Balaban J connectivity index is 4.49. The number of carbonyl (C=O) groups is 3. The zero-order valence-corrected chi connectivity index (χ0v) is 42.7. The molecule has 0 aromatic heterocycles. The minimum Gasteiger partial charge on any atom is -0.462 e. The number of unbranched alkanes of at least 4 members (excludes halogenated alkanes) is 18. The second-order valence-corrected chi connectivity index (χ2v) is 17.4. The predicted molar refractivity (Wildman–Crippen MR) is 283 cm³/mol. The van der Waals surface area contributed by atoms with Gasteiger partial charge in [0.1, 0.15) is 13.2 Å². The molecule has 0 fully saturated rings. The molecule has 0 aliphatic heterocycles. The van der Waals surface area contributed by atoms with E-state index in [-0.39, 0.29) is 37.5 Å². The van der Waals surface area contributed by atoms with Gasteiger partial charge >= 0.3 is 17.9 Å². The number of esters is 3. The van der Waals surface area contributed by atoms with Gasteiger partial charge in [0, 0.05) is 19.3 Å². The van der Waals surface area contributed by atoms with Gasteiger partial charge in [-0.05, 0) is 122 Å². The topological polar surface area (TPSA) is 78.9 Å². The highest BCUT2D eigenvalue weighted by Gasteiger charge is 2.19. The van der Waals surface area contributed by atoms with Gasteiger partial charge in [0.05, 0.1) is 0 Å². The van der Waals surface area contributed by atoms with Crippen molar-refractivity contribution >= 4 is 17.9 Å². The fourth-order valence-electron chi connectivity index (χ4n) is 7.01. The third-order valence-corrected chi connectivity index (χ3v) is 11.0. The SMILES string of the molecule is CC/C=C\C/C=C\C/C=C\C/C=C\CCCCCCCCC(=O)OCC(COC(=O)CCCCC/C=C\CCCCCCCC)OC(=O)CCCCC/C=C\C/C=C\C/C=C\C/C=C\CC. The van der Waals surface area contributed by atoms with Crippen molar-refractivity contribution < 1.29 is 28.6 Å². The number of allylic oxidation sites excluding steroid dienone is 18. The standard InChI is InChI=1S/C60H98O6/c1-4-7-10-13-16-19-22-25-27-29-30-31-33-35-38-41-44-47-50-53-59(62)65-56-57(55-64-58(61)52-49-46-43-40-37-34-24-21-18-15-12-9-6-3)66-60(63)54-51-48-45-42-39-36-32-28-26-23-20-17-14-11-8-5-2/h7-8,10-11,16-17,19-20,25-28,30-31,34,36-37,39,57H,4-6,9,12-15,18,21-24,29,32-33,35,38,40-56H2,1-3H3/b10-7-,11-8-,19-16-,20-17-,27-25-,28-26-,31-30-,37-34-,39-36-. The van der Waals surface area contributed by atoms with E-state index >= 15 is 0 Å². The summed E-state index contributed by atoms with van der Waals surface area (Å²) in [5.41, 5.74) is 0. The lowest BCUT2D eigenvalue weighted by atomic mass is 10.1. The van der Waals surface area contributed by atoms with Crippen molar-refractivity contribution in [2.75, 3.05) is 13.2 Å². The summed E-state index contributed by atoms with van der Waals surface area (Å²) in [6.07, 6.45) is 72.1. The molecule has 0 radical (unpaired) electrons. The van der Waals surface area contributed by atoms with Crippen LogP contribution in [0.15, 0.2) is 109 Å². The molecule has 0 amide bonds. The molecule has 0 saturated carbocycles. The normalized spacial score (nSPS) is 13.0. The van der Waals surface area contributed by atoms with E-state index in [1.807, 2.05) is 0 Å². The molecule has 66 heavy (non-hydrogen) atoms. The Morgan fingerprint density at radius 3 is 0.955 bits per heavy atom. The van der Waals surface area contributed by atoms with Crippen LogP contribution in [0.4, 0.5) is 0 Å². The lowest BCUT2D eigenvalue weighted by Crippen LogP contribution is -2.30. The van der Waals surface area contributed by atoms with Crippen LogP contribution in [0.25, 0.3) is 0 Å². The van der Waals surface area contributed by atoms with Crippen LogP contribution in [-0.4, -0.2) is 37.2 Å². The van der Waals surface area contributed by atoms with Crippen molar-refractivity contribution in [1.82, 2.24) is 0 Å². The lowest BCUT2D eigenvalue weighted by Gasteiger charge is -2.18. The molecule has 6 nitrogen and oxygen atoms in total. The maximum absolute atomic E-state index is 12.8. The van der Waals surface area contributed by atoms with Crippen LogP contribution in [0.5, 0.6) is 0 Å². The Kier molecular flexibility index (Phi) is 50.5. The van der Waals surface area contributed by atoms with Gasteiger partial charge in [-0.3, -0.25) is 14.4 Å². The summed E-state index contributed by atoms with van der Waals surface area (Å²) in [4.78, 5) is 38.0. The molecule has 6 heteroatoms. The highest BCUT2D eigenvalue weighted by Crippen LogP contribution is 2.13. The molecule has 0 aliphatic carbocycles. The van der Waals surface area contributed by atoms with Gasteiger partial charge in [-0.15, -0.1) is 0 Å². The molecule has 0 aromatic carbocycles. The number of carbonyl (C=O) groups excluding carboxylic acids is 3. The van der Waals surface area contributed by atoms with Crippen molar-refractivity contribution in [2.45, 2.75) is 239 Å². The fraction of sp³-hybridized carbons (Fsp3) is 0.650. The maximum atomic E-state index is 12.8. The molecule has 0 aliphatic rings. The molecule has 1 unspecified atom stereocenters. The summed E-state index contributed by atoms with van der Waals surface area (Å²) < 4.78 is 16.8. The zero-order chi connectivity index (χ0) is 47.9. The second kappa shape index (κ2) is 53.7. The van der Waals surface area contributed by atoms with Crippen LogP contribution in [0.1, 0.15) is 233 Å². The smallest absolute Gasteiger partial charge is 0.306 e. The molecule has 0 N–H and O–H groups in total. The number of hydrogen-bond donors (Lipinski definition) is 0. The minimum absolute atomic E-state index is 0.105. The number of hydrogen-bond acceptors (Lipinski definition) is 6. The first kappa shape index (κ1) is 62.1. The second-order valence-electron chi connectivity index (χ2n) is 17.4. The Labute approximate surface area is 406 Å². The van der Waals surface area contributed by atoms with Crippen LogP contribution < -0.4 is 0 Å². The van der Waals surface area contributed by atoms with Crippen LogP contribution in [0.3, 0.4) is 0 Å². The highest BCUT2D eigenvalue weighted by atomic mass is 16.6. The van der Waals surface area contributed by atoms with Crippen LogP contribution in [0, 0.1) is 0 Å². The molecule has 0 spiro atoms. The van der Waals surface area contributed by atoms with E-state index < -0.39 is 6.10 Å². The molecular formula is C60H98O6. The van der Waals surface area contributed by atoms with E-state index in [0.29, 0.717) is 12.8 Å². The third kappa shape index (κ3) is 51.1. The first-order valence-corrected chi connectivity index (χ1v) is 26.9. The van der Waals surface area contributed by atoms with Gasteiger partial charge in [-0.1, -0.05) is 201 Å². The molecule has 0 saturated heterocycles. The molecule has 0 bridgehead atoms. The van der Waals surface area contributed by atoms with Gasteiger partial charge in [-0.2, -0.15) is 0 Å². The number of rotatable bonds is 47. The van der Waals surface area contributed by atoms with Crippen molar-refractivity contribution in [3.63, 3.8) is 0 Å². The number of ether oxygens (including phenoxy) is 3. The monoisotopic (exact) mass is 915 g/mol. The summed E-state index contributed by atoms with van der Waals surface area (Å²) >= 11 is 0. The Hall–Kier alpha value is -3.93. The molecule has 374 valence electrons. The molecular weight excluding hydrogens is 817 g/mol. The van der Waals surface area contributed by atoms with E-state index in [0.717, 1.165) is 141 Å².